The molecule has 0 amide bonds. The van der Waals surface area contributed by atoms with Crippen molar-refractivity contribution in [3.05, 3.63) is 69.8 Å². The molecule has 0 fully saturated rings. The predicted octanol–water partition coefficient (Wildman–Crippen LogP) is 5.96. The molecule has 27 heavy (non-hydrogen) atoms. The smallest absolute Gasteiger partial charge is 0.303 e. The van der Waals surface area contributed by atoms with Gasteiger partial charge in [-0.3, -0.25) is 4.79 Å². The molecule has 0 atom stereocenters. The van der Waals surface area contributed by atoms with E-state index in [-0.39, 0.29) is 6.42 Å². The van der Waals surface area contributed by atoms with Crippen molar-refractivity contribution in [2.45, 2.75) is 12.8 Å². The van der Waals surface area contributed by atoms with Gasteiger partial charge < -0.3 is 9.84 Å². The summed E-state index contributed by atoms with van der Waals surface area (Å²) in [6, 6.07) is 15.0. The number of pyridine rings is 1. The zero-order valence-corrected chi connectivity index (χ0v) is 15.9. The van der Waals surface area contributed by atoms with Crippen molar-refractivity contribution in [1.29, 1.82) is 0 Å². The van der Waals surface area contributed by atoms with Crippen molar-refractivity contribution in [3.63, 3.8) is 0 Å². The maximum absolute atomic E-state index is 10.5. The Hall–Kier alpha value is -2.56. The summed E-state index contributed by atoms with van der Waals surface area (Å²) in [5.74, 6) is -0.114. The lowest BCUT2D eigenvalue weighted by molar-refractivity contribution is -0.137. The Balaban J connectivity index is 1.70. The van der Waals surface area contributed by atoms with E-state index in [1.54, 1.807) is 12.1 Å². The van der Waals surface area contributed by atoms with Gasteiger partial charge in [0.15, 0.2) is 0 Å². The first-order chi connectivity index (χ1) is 13.0. The highest BCUT2D eigenvalue weighted by atomic mass is 35.5. The standard InChI is InChI=1S/C21H17Cl2NO3/c22-18-12-15-7-9-16(24-20(15)13-19(18)23)8-6-14-3-1-4-17(11-14)27-10-2-5-21(25)26/h1,3-4,6-9,11-13H,2,5,10H2,(H,25,26)/b8-6+. The van der Waals surface area contributed by atoms with Gasteiger partial charge in [0.2, 0.25) is 0 Å². The maximum Gasteiger partial charge on any atom is 0.303 e. The van der Waals surface area contributed by atoms with E-state index in [0.717, 1.165) is 22.2 Å². The van der Waals surface area contributed by atoms with E-state index in [1.165, 1.54) is 0 Å². The van der Waals surface area contributed by atoms with E-state index >= 15 is 0 Å². The second-order valence-electron chi connectivity index (χ2n) is 5.95. The van der Waals surface area contributed by atoms with Crippen LogP contribution in [0.3, 0.4) is 0 Å². The molecule has 0 spiro atoms. The lowest BCUT2D eigenvalue weighted by Crippen LogP contribution is -2.02. The van der Waals surface area contributed by atoms with Crippen LogP contribution in [0.15, 0.2) is 48.5 Å². The number of benzene rings is 2. The lowest BCUT2D eigenvalue weighted by atomic mass is 10.1. The number of nitrogens with zero attached hydrogens (tertiary/aromatic N) is 1. The second-order valence-corrected chi connectivity index (χ2v) is 6.76. The van der Waals surface area contributed by atoms with Crippen molar-refractivity contribution in [2.24, 2.45) is 0 Å². The van der Waals surface area contributed by atoms with Crippen LogP contribution < -0.4 is 4.74 Å². The number of fused-ring (bicyclic) bond motifs is 1. The van der Waals surface area contributed by atoms with Crippen LogP contribution in [0.1, 0.15) is 24.1 Å². The Morgan fingerprint density at radius 1 is 1.07 bits per heavy atom. The molecule has 6 heteroatoms. The van der Waals surface area contributed by atoms with Gasteiger partial charge in [0.1, 0.15) is 5.75 Å². The molecule has 0 unspecified atom stereocenters. The summed E-state index contributed by atoms with van der Waals surface area (Å²) in [4.78, 5) is 15.1. The minimum absolute atomic E-state index is 0.0997. The summed E-state index contributed by atoms with van der Waals surface area (Å²) in [5, 5.41) is 10.6. The highest BCUT2D eigenvalue weighted by molar-refractivity contribution is 6.42. The number of rotatable bonds is 7. The number of aromatic nitrogens is 1. The van der Waals surface area contributed by atoms with E-state index in [0.29, 0.717) is 28.8 Å². The average Bonchev–Trinajstić information content (AvgIpc) is 2.65. The van der Waals surface area contributed by atoms with Gasteiger partial charge in [-0.05, 0) is 48.4 Å². The van der Waals surface area contributed by atoms with Gasteiger partial charge in [0.25, 0.3) is 0 Å². The first kappa shape index (κ1) is 19.2. The van der Waals surface area contributed by atoms with E-state index < -0.39 is 5.97 Å². The molecule has 3 aromatic rings. The van der Waals surface area contributed by atoms with E-state index in [1.807, 2.05) is 48.6 Å². The fraction of sp³-hybridized carbons (Fsp3) is 0.143. The highest BCUT2D eigenvalue weighted by Crippen LogP contribution is 2.27. The number of halogens is 2. The van der Waals surface area contributed by atoms with Gasteiger partial charge in [0.05, 0.1) is 27.9 Å². The van der Waals surface area contributed by atoms with Gasteiger partial charge in [-0.2, -0.15) is 0 Å². The molecular formula is C21H17Cl2NO3. The van der Waals surface area contributed by atoms with Crippen molar-refractivity contribution in [1.82, 2.24) is 4.98 Å². The van der Waals surface area contributed by atoms with E-state index in [2.05, 4.69) is 4.98 Å². The summed E-state index contributed by atoms with van der Waals surface area (Å²) < 4.78 is 5.59. The zero-order chi connectivity index (χ0) is 19.2. The van der Waals surface area contributed by atoms with Crippen LogP contribution in [-0.4, -0.2) is 22.7 Å². The van der Waals surface area contributed by atoms with Gasteiger partial charge in [-0.15, -0.1) is 0 Å². The van der Waals surface area contributed by atoms with Crippen LogP contribution in [0.5, 0.6) is 5.75 Å². The normalized spacial score (nSPS) is 11.2. The summed E-state index contributed by atoms with van der Waals surface area (Å²) in [6.07, 6.45) is 4.42. The Labute approximate surface area is 167 Å². The lowest BCUT2D eigenvalue weighted by Gasteiger charge is -2.06. The molecule has 0 aliphatic carbocycles. The molecule has 0 bridgehead atoms. The Kier molecular flexibility index (Phi) is 6.32. The summed E-state index contributed by atoms with van der Waals surface area (Å²) in [6.45, 7) is 0.370. The van der Waals surface area contributed by atoms with E-state index in [4.69, 9.17) is 33.0 Å². The monoisotopic (exact) mass is 401 g/mol. The number of hydrogen-bond donors (Lipinski definition) is 1. The zero-order valence-electron chi connectivity index (χ0n) is 14.4. The van der Waals surface area contributed by atoms with Crippen molar-refractivity contribution in [2.75, 3.05) is 6.61 Å². The van der Waals surface area contributed by atoms with Gasteiger partial charge >= 0.3 is 5.97 Å². The van der Waals surface area contributed by atoms with E-state index in [9.17, 15) is 4.79 Å². The maximum atomic E-state index is 10.5. The van der Waals surface area contributed by atoms with Gasteiger partial charge in [0, 0.05) is 11.8 Å². The first-order valence-corrected chi connectivity index (χ1v) is 9.15. The fourth-order valence-electron chi connectivity index (χ4n) is 2.53. The molecule has 3 rings (SSSR count). The second kappa shape index (κ2) is 8.89. The summed E-state index contributed by atoms with van der Waals surface area (Å²) in [5.41, 5.74) is 2.54. The highest BCUT2D eigenvalue weighted by Gasteiger charge is 2.03. The van der Waals surface area contributed by atoms with Crippen LogP contribution in [0, 0.1) is 0 Å². The van der Waals surface area contributed by atoms with Crippen LogP contribution in [0.2, 0.25) is 10.0 Å². The minimum atomic E-state index is -0.818. The SMILES string of the molecule is O=C(O)CCCOc1cccc(/C=C/c2ccc3cc(Cl)c(Cl)cc3n2)c1. The van der Waals surface area contributed by atoms with Crippen LogP contribution in [-0.2, 0) is 4.79 Å². The van der Waals surface area contributed by atoms with Crippen LogP contribution in [0.4, 0.5) is 0 Å². The quantitative estimate of drug-likeness (QED) is 0.496. The first-order valence-electron chi connectivity index (χ1n) is 8.40. The molecule has 1 heterocycles. The average molecular weight is 402 g/mol. The Morgan fingerprint density at radius 3 is 2.70 bits per heavy atom. The van der Waals surface area contributed by atoms with Gasteiger partial charge in [-0.1, -0.05) is 47.5 Å². The number of carboxylic acids is 1. The molecule has 0 aliphatic heterocycles. The fourth-order valence-corrected chi connectivity index (χ4v) is 2.86. The van der Waals surface area contributed by atoms with Crippen molar-refractivity contribution < 1.29 is 14.6 Å². The third kappa shape index (κ3) is 5.46. The number of carboxylic acid groups (broad SMARTS) is 1. The van der Waals surface area contributed by atoms with Crippen molar-refractivity contribution in [3.8, 4) is 5.75 Å². The Bertz CT molecular complexity index is 1000. The molecule has 2 aromatic carbocycles. The third-order valence-corrected chi connectivity index (χ3v) is 4.58. The summed E-state index contributed by atoms with van der Waals surface area (Å²) >= 11 is 12.1. The predicted molar refractivity (Wildman–Crippen MR) is 109 cm³/mol. The molecule has 138 valence electrons. The largest absolute Gasteiger partial charge is 0.494 e. The van der Waals surface area contributed by atoms with Crippen molar-refractivity contribution >= 4 is 52.2 Å². The molecule has 0 saturated carbocycles. The number of hydrogen-bond acceptors (Lipinski definition) is 3. The number of carbonyl (C=O) groups is 1. The number of ether oxygens (including phenoxy) is 1. The van der Waals surface area contributed by atoms with Crippen LogP contribution >= 0.6 is 23.2 Å². The Morgan fingerprint density at radius 2 is 1.89 bits per heavy atom. The molecule has 0 radical (unpaired) electrons. The minimum Gasteiger partial charge on any atom is -0.494 e. The molecule has 1 N–H and O–H groups in total. The molecule has 0 aliphatic rings. The molecule has 0 saturated heterocycles. The number of aliphatic carboxylic acids is 1. The molecule has 1 aromatic heterocycles. The summed E-state index contributed by atoms with van der Waals surface area (Å²) in [7, 11) is 0. The third-order valence-electron chi connectivity index (χ3n) is 3.86. The molecular weight excluding hydrogens is 385 g/mol. The topological polar surface area (TPSA) is 59.4 Å². The van der Waals surface area contributed by atoms with Gasteiger partial charge in [-0.25, -0.2) is 4.98 Å². The van der Waals surface area contributed by atoms with Crippen LogP contribution in [0.25, 0.3) is 23.1 Å². The molecule has 4 nitrogen and oxygen atoms in total.